The largest absolute Gasteiger partial charge is 0.273 e. The molecule has 3 nitrogen and oxygen atoms in total. The van der Waals surface area contributed by atoms with E-state index in [2.05, 4.69) is 6.07 Å². The number of rotatable bonds is 4. The van der Waals surface area contributed by atoms with Crippen molar-refractivity contribution >= 4 is 5.69 Å². The fourth-order valence-corrected chi connectivity index (χ4v) is 1.87. The van der Waals surface area contributed by atoms with Crippen LogP contribution >= 0.6 is 0 Å². The van der Waals surface area contributed by atoms with E-state index in [1.807, 2.05) is 20.8 Å². The molecule has 0 aliphatic heterocycles. The van der Waals surface area contributed by atoms with Gasteiger partial charge < -0.3 is 0 Å². The molecule has 0 N–H and O–H groups in total. The Morgan fingerprint density at radius 2 is 1.80 bits per heavy atom. The first-order valence-corrected chi connectivity index (χ1v) is 5.43. The van der Waals surface area contributed by atoms with Crippen LogP contribution in [0.5, 0.6) is 0 Å². The first-order chi connectivity index (χ1) is 7.13. The molecule has 0 spiro atoms. The van der Waals surface area contributed by atoms with Crippen molar-refractivity contribution in [2.45, 2.75) is 40.0 Å². The Morgan fingerprint density at radius 1 is 1.13 bits per heavy atom. The van der Waals surface area contributed by atoms with E-state index in [4.69, 9.17) is 0 Å². The van der Waals surface area contributed by atoms with Gasteiger partial charge in [-0.3, -0.25) is 10.1 Å². The van der Waals surface area contributed by atoms with Crippen LogP contribution in [0.4, 0.5) is 5.69 Å². The van der Waals surface area contributed by atoms with Crippen LogP contribution in [0.1, 0.15) is 37.5 Å². The molecule has 0 saturated carbocycles. The summed E-state index contributed by atoms with van der Waals surface area (Å²) in [4.78, 5) is 10.7. The Hall–Kier alpha value is -1.38. The van der Waals surface area contributed by atoms with Gasteiger partial charge in [-0.25, -0.2) is 0 Å². The van der Waals surface area contributed by atoms with Gasteiger partial charge in [-0.05, 0) is 30.4 Å². The fourth-order valence-electron chi connectivity index (χ4n) is 1.87. The molecule has 0 heterocycles. The topological polar surface area (TPSA) is 43.1 Å². The molecule has 0 atom stereocenters. The van der Waals surface area contributed by atoms with Gasteiger partial charge in [0.15, 0.2) is 0 Å². The zero-order valence-corrected chi connectivity index (χ0v) is 9.54. The maximum Gasteiger partial charge on any atom is 0.273 e. The highest BCUT2D eigenvalue weighted by Gasteiger charge is 2.16. The number of hydrogen-bond acceptors (Lipinski definition) is 2. The molecule has 0 amide bonds. The van der Waals surface area contributed by atoms with Crippen molar-refractivity contribution in [2.24, 2.45) is 0 Å². The summed E-state index contributed by atoms with van der Waals surface area (Å²) in [6.45, 7) is 6.02. The molecule has 0 fully saturated rings. The Balaban J connectivity index is 3.39. The average molecular weight is 207 g/mol. The van der Waals surface area contributed by atoms with E-state index >= 15 is 0 Å². The lowest BCUT2D eigenvalue weighted by Gasteiger charge is -2.08. The predicted octanol–water partition coefficient (Wildman–Crippen LogP) is 3.28. The summed E-state index contributed by atoms with van der Waals surface area (Å²) >= 11 is 0. The van der Waals surface area contributed by atoms with E-state index in [1.165, 1.54) is 0 Å². The predicted molar refractivity (Wildman–Crippen MR) is 61.2 cm³/mol. The Bertz CT molecular complexity index is 372. The first kappa shape index (κ1) is 11.7. The zero-order chi connectivity index (χ0) is 11.4. The van der Waals surface area contributed by atoms with Crippen LogP contribution < -0.4 is 0 Å². The second-order valence-corrected chi connectivity index (χ2v) is 3.57. The first-order valence-electron chi connectivity index (χ1n) is 5.43. The molecular weight excluding hydrogens is 190 g/mol. The van der Waals surface area contributed by atoms with Gasteiger partial charge in [0.05, 0.1) is 4.92 Å². The Kier molecular flexibility index (Phi) is 3.83. The second kappa shape index (κ2) is 4.91. The number of benzene rings is 1. The van der Waals surface area contributed by atoms with Gasteiger partial charge in [-0.15, -0.1) is 0 Å². The van der Waals surface area contributed by atoms with Crippen LogP contribution in [-0.2, 0) is 19.3 Å². The smallest absolute Gasteiger partial charge is 0.258 e. The lowest BCUT2D eigenvalue weighted by atomic mass is 9.97. The molecule has 0 aromatic heterocycles. The van der Waals surface area contributed by atoms with Crippen molar-refractivity contribution < 1.29 is 4.92 Å². The van der Waals surface area contributed by atoms with Gasteiger partial charge >= 0.3 is 0 Å². The number of hydrogen-bond donors (Lipinski definition) is 0. The fraction of sp³-hybridized carbons (Fsp3) is 0.500. The van der Waals surface area contributed by atoms with Crippen molar-refractivity contribution in [3.63, 3.8) is 0 Å². The SMILES string of the molecule is CCc1cc(CC)c(CC)c([N+](=O)[O-])c1. The molecule has 0 saturated heterocycles. The summed E-state index contributed by atoms with van der Waals surface area (Å²) in [6.07, 6.45) is 2.43. The van der Waals surface area contributed by atoms with E-state index < -0.39 is 0 Å². The minimum atomic E-state index is -0.267. The summed E-state index contributed by atoms with van der Waals surface area (Å²) in [5.74, 6) is 0. The van der Waals surface area contributed by atoms with Gasteiger partial charge in [0, 0.05) is 11.6 Å². The number of nitro groups is 1. The molecule has 0 aliphatic carbocycles. The highest BCUT2D eigenvalue weighted by molar-refractivity contribution is 5.48. The maximum atomic E-state index is 10.9. The molecule has 1 aromatic rings. The van der Waals surface area contributed by atoms with Gasteiger partial charge in [-0.2, -0.15) is 0 Å². The van der Waals surface area contributed by atoms with Gasteiger partial charge in [0.25, 0.3) is 5.69 Å². The highest BCUT2D eigenvalue weighted by Crippen LogP contribution is 2.26. The maximum absolute atomic E-state index is 10.9. The summed E-state index contributed by atoms with van der Waals surface area (Å²) in [7, 11) is 0. The van der Waals surface area contributed by atoms with E-state index in [-0.39, 0.29) is 10.6 Å². The van der Waals surface area contributed by atoms with E-state index in [9.17, 15) is 10.1 Å². The normalized spacial score (nSPS) is 10.3. The number of nitro benzene ring substituents is 1. The highest BCUT2D eigenvalue weighted by atomic mass is 16.6. The van der Waals surface area contributed by atoms with E-state index in [0.717, 1.165) is 36.0 Å². The quantitative estimate of drug-likeness (QED) is 0.561. The molecule has 0 aliphatic rings. The summed E-state index contributed by atoms with van der Waals surface area (Å²) in [5, 5.41) is 10.9. The van der Waals surface area contributed by atoms with Crippen LogP contribution in [0.25, 0.3) is 0 Å². The third-order valence-electron chi connectivity index (χ3n) is 2.72. The minimum absolute atomic E-state index is 0.267. The third kappa shape index (κ3) is 2.35. The molecule has 1 aromatic carbocycles. The Morgan fingerprint density at radius 3 is 2.20 bits per heavy atom. The van der Waals surface area contributed by atoms with Crippen molar-refractivity contribution in [3.05, 3.63) is 38.9 Å². The molecule has 82 valence electrons. The Labute approximate surface area is 90.3 Å². The molecule has 3 heteroatoms. The molecule has 0 unspecified atom stereocenters. The van der Waals surface area contributed by atoms with E-state index in [0.29, 0.717) is 0 Å². The van der Waals surface area contributed by atoms with Crippen LogP contribution in [0.15, 0.2) is 12.1 Å². The van der Waals surface area contributed by atoms with E-state index in [1.54, 1.807) is 6.07 Å². The standard InChI is InChI=1S/C12H17NO2/c1-4-9-7-10(5-2)11(6-3)12(8-9)13(14)15/h7-8H,4-6H2,1-3H3. The zero-order valence-electron chi connectivity index (χ0n) is 9.54. The molecule has 0 bridgehead atoms. The molecule has 1 rings (SSSR count). The van der Waals surface area contributed by atoms with Crippen LogP contribution in [0.2, 0.25) is 0 Å². The average Bonchev–Trinajstić information content (AvgIpc) is 2.26. The monoisotopic (exact) mass is 207 g/mol. The van der Waals surface area contributed by atoms with Crippen molar-refractivity contribution in [1.82, 2.24) is 0 Å². The van der Waals surface area contributed by atoms with Crippen LogP contribution in [0, 0.1) is 10.1 Å². The van der Waals surface area contributed by atoms with Crippen LogP contribution in [0.3, 0.4) is 0 Å². The van der Waals surface area contributed by atoms with Gasteiger partial charge in [-0.1, -0.05) is 26.8 Å². The van der Waals surface area contributed by atoms with Crippen molar-refractivity contribution in [1.29, 1.82) is 0 Å². The van der Waals surface area contributed by atoms with Crippen molar-refractivity contribution in [3.8, 4) is 0 Å². The second-order valence-electron chi connectivity index (χ2n) is 3.57. The lowest BCUT2D eigenvalue weighted by molar-refractivity contribution is -0.385. The summed E-state index contributed by atoms with van der Waals surface area (Å²) in [5.41, 5.74) is 3.34. The number of nitrogens with zero attached hydrogens (tertiary/aromatic N) is 1. The van der Waals surface area contributed by atoms with Crippen molar-refractivity contribution in [2.75, 3.05) is 0 Å². The molecule has 15 heavy (non-hydrogen) atoms. The molecule has 0 radical (unpaired) electrons. The summed E-state index contributed by atoms with van der Waals surface area (Å²) in [6, 6.07) is 3.80. The number of aryl methyl sites for hydroxylation is 2. The third-order valence-corrected chi connectivity index (χ3v) is 2.72. The minimum Gasteiger partial charge on any atom is -0.258 e. The van der Waals surface area contributed by atoms with Gasteiger partial charge in [0.1, 0.15) is 0 Å². The van der Waals surface area contributed by atoms with Gasteiger partial charge in [0.2, 0.25) is 0 Å². The summed E-state index contributed by atoms with van der Waals surface area (Å²) < 4.78 is 0. The lowest BCUT2D eigenvalue weighted by Crippen LogP contribution is -2.01. The molecular formula is C12H17NO2. The van der Waals surface area contributed by atoms with Crippen LogP contribution in [-0.4, -0.2) is 4.92 Å².